The minimum atomic E-state index is -3.73. The molecule has 0 aliphatic heterocycles. The molecule has 1 aliphatic carbocycles. The summed E-state index contributed by atoms with van der Waals surface area (Å²) in [6.45, 7) is 0. The number of sulfonamides is 1. The van der Waals surface area contributed by atoms with E-state index in [1.807, 2.05) is 0 Å². The fraction of sp³-hybridized carbons (Fsp3) is 0.286. The number of halogens is 5. The Kier molecular flexibility index (Phi) is 7.58. The first-order valence-electron chi connectivity index (χ1n) is 12.7. The Morgan fingerprint density at radius 1 is 1.16 bits per heavy atom. The van der Waals surface area contributed by atoms with Crippen molar-refractivity contribution < 1.29 is 31.1 Å². The molecule has 1 fully saturated rings. The second-order valence-corrected chi connectivity index (χ2v) is 12.8. The summed E-state index contributed by atoms with van der Waals surface area (Å²) in [4.78, 5) is 4.53. The van der Waals surface area contributed by atoms with Gasteiger partial charge >= 0.3 is 0 Å². The van der Waals surface area contributed by atoms with Crippen LogP contribution in [-0.2, 0) is 23.5 Å². The lowest BCUT2D eigenvalue weighted by Crippen LogP contribution is -2.50. The van der Waals surface area contributed by atoms with E-state index >= 15 is 0 Å². The van der Waals surface area contributed by atoms with Crippen LogP contribution in [0.25, 0.3) is 22.0 Å². The fourth-order valence-corrected chi connectivity index (χ4v) is 5.87. The zero-order valence-electron chi connectivity index (χ0n) is 22.7. The maximum Gasteiger partial charge on any atom is 0.255 e. The van der Waals surface area contributed by atoms with E-state index in [1.165, 1.54) is 16.8 Å². The van der Waals surface area contributed by atoms with Crippen molar-refractivity contribution in [3.63, 3.8) is 0 Å². The van der Waals surface area contributed by atoms with Crippen molar-refractivity contribution in [3.05, 3.63) is 70.0 Å². The van der Waals surface area contributed by atoms with Gasteiger partial charge in [-0.1, -0.05) is 23.6 Å². The van der Waals surface area contributed by atoms with Gasteiger partial charge in [0.05, 0.1) is 52.4 Å². The smallest absolute Gasteiger partial charge is 0.255 e. The molecule has 0 bridgehead atoms. The predicted molar refractivity (Wildman–Crippen MR) is 155 cm³/mol. The van der Waals surface area contributed by atoms with E-state index in [0.29, 0.717) is 16.6 Å². The molecule has 1 atom stereocenters. The molecule has 1 aliphatic rings. The quantitative estimate of drug-likeness (QED) is 0.182. The zero-order valence-corrected chi connectivity index (χ0v) is 24.3. The summed E-state index contributed by atoms with van der Waals surface area (Å²) >= 11 is 6.46. The molecule has 0 radical (unpaired) electrons. The van der Waals surface area contributed by atoms with Gasteiger partial charge in [-0.2, -0.15) is 5.10 Å². The summed E-state index contributed by atoms with van der Waals surface area (Å²) in [5, 5.41) is 15.1. The standard InChI is InChI=1S/C28H25ClF4N6O3S/c1-39-25-17(3-4-19(29)23(25)26(37-39)38-43(2,41)42)18-11-20(34)22(5-6-27(40)12-28(32,33)13-27)36-24(18)21(35)9-14-7-15(30)10-16(31)8-14/h3-4,7-8,10-11,21,40H,9,12-13,34-35H2,1-2H3,(H,37,38)/t21-/m0/s1. The van der Waals surface area contributed by atoms with E-state index < -0.39 is 52.1 Å². The van der Waals surface area contributed by atoms with Gasteiger partial charge in [0.2, 0.25) is 10.0 Å². The molecule has 2 aromatic heterocycles. The molecule has 0 spiro atoms. The van der Waals surface area contributed by atoms with Crippen LogP contribution in [0.3, 0.4) is 0 Å². The number of alkyl halides is 2. The molecule has 15 heteroatoms. The molecule has 5 rings (SSSR count). The van der Waals surface area contributed by atoms with Gasteiger partial charge in [0.25, 0.3) is 5.92 Å². The van der Waals surface area contributed by atoms with E-state index in [9.17, 15) is 31.1 Å². The number of nitrogens with zero attached hydrogens (tertiary/aromatic N) is 3. The highest BCUT2D eigenvalue weighted by atomic mass is 35.5. The Morgan fingerprint density at radius 2 is 1.81 bits per heavy atom. The third-order valence-corrected chi connectivity index (χ3v) is 7.72. The van der Waals surface area contributed by atoms with E-state index in [1.54, 1.807) is 13.1 Å². The number of aliphatic hydroxyl groups is 1. The summed E-state index contributed by atoms with van der Waals surface area (Å²) in [5.41, 5.74) is 12.4. The van der Waals surface area contributed by atoms with Crippen LogP contribution in [0.15, 0.2) is 36.4 Å². The van der Waals surface area contributed by atoms with Crippen molar-refractivity contribution in [2.24, 2.45) is 12.8 Å². The summed E-state index contributed by atoms with van der Waals surface area (Å²) in [6, 6.07) is 6.59. The summed E-state index contributed by atoms with van der Waals surface area (Å²) in [6.07, 6.45) is -0.793. The number of hydrogen-bond donors (Lipinski definition) is 4. The molecule has 4 aromatic rings. The molecular weight excluding hydrogens is 612 g/mol. The van der Waals surface area contributed by atoms with Crippen LogP contribution in [0.5, 0.6) is 0 Å². The lowest BCUT2D eigenvalue weighted by Gasteiger charge is -2.39. The number of hydrogen-bond acceptors (Lipinski definition) is 7. The monoisotopic (exact) mass is 636 g/mol. The first kappa shape index (κ1) is 30.6. The highest BCUT2D eigenvalue weighted by Gasteiger charge is 2.55. The molecule has 0 saturated heterocycles. The number of rotatable bonds is 6. The highest BCUT2D eigenvalue weighted by Crippen LogP contribution is 2.45. The molecule has 0 unspecified atom stereocenters. The van der Waals surface area contributed by atoms with Gasteiger partial charge in [-0.15, -0.1) is 0 Å². The number of nitrogens with two attached hydrogens (primary N) is 2. The van der Waals surface area contributed by atoms with Crippen molar-refractivity contribution in [3.8, 4) is 23.0 Å². The number of aromatic nitrogens is 3. The largest absolute Gasteiger partial charge is 0.396 e. The van der Waals surface area contributed by atoms with Crippen molar-refractivity contribution in [2.45, 2.75) is 36.8 Å². The normalized spacial score (nSPS) is 16.3. The van der Waals surface area contributed by atoms with Crippen molar-refractivity contribution in [1.29, 1.82) is 0 Å². The second kappa shape index (κ2) is 10.7. The number of pyridine rings is 1. The molecule has 1 saturated carbocycles. The average Bonchev–Trinajstić information content (AvgIpc) is 3.16. The van der Waals surface area contributed by atoms with Crippen molar-refractivity contribution in [2.75, 3.05) is 16.7 Å². The predicted octanol–water partition coefficient (Wildman–Crippen LogP) is 4.27. The van der Waals surface area contributed by atoms with Crippen molar-refractivity contribution in [1.82, 2.24) is 14.8 Å². The van der Waals surface area contributed by atoms with Gasteiger partial charge in [0.1, 0.15) is 22.9 Å². The Balaban J connectivity index is 1.69. The number of anilines is 2. The number of aryl methyl sites for hydroxylation is 1. The number of fused-ring (bicyclic) bond motifs is 1. The Labute approximate surface area is 248 Å². The van der Waals surface area contributed by atoms with Gasteiger partial charge in [0, 0.05) is 24.2 Å². The van der Waals surface area contributed by atoms with Crippen LogP contribution in [0.2, 0.25) is 5.02 Å². The average molecular weight is 637 g/mol. The van der Waals surface area contributed by atoms with Gasteiger partial charge < -0.3 is 16.6 Å². The Bertz CT molecular complexity index is 1930. The molecule has 6 N–H and O–H groups in total. The number of benzene rings is 2. The molecule has 226 valence electrons. The third-order valence-electron chi connectivity index (χ3n) is 6.84. The molecule has 2 aromatic carbocycles. The van der Waals surface area contributed by atoms with E-state index in [4.69, 9.17) is 23.1 Å². The molecule has 2 heterocycles. The van der Waals surface area contributed by atoms with Gasteiger partial charge in [-0.25, -0.2) is 31.0 Å². The summed E-state index contributed by atoms with van der Waals surface area (Å²) in [5.74, 6) is 0.330. The lowest BCUT2D eigenvalue weighted by molar-refractivity contribution is -0.176. The van der Waals surface area contributed by atoms with Gasteiger partial charge in [-0.3, -0.25) is 9.40 Å². The Hall–Kier alpha value is -3.90. The maximum atomic E-state index is 13.9. The first-order chi connectivity index (χ1) is 19.9. The maximum absolute atomic E-state index is 13.9. The Morgan fingerprint density at radius 3 is 2.42 bits per heavy atom. The van der Waals surface area contributed by atoms with Crippen LogP contribution < -0.4 is 16.2 Å². The summed E-state index contributed by atoms with van der Waals surface area (Å²) in [7, 11) is -2.16. The van der Waals surface area contributed by atoms with Crippen LogP contribution in [0.1, 0.15) is 35.8 Å². The fourth-order valence-electron chi connectivity index (χ4n) is 5.13. The number of nitrogen functional groups attached to an aromatic ring is 1. The van der Waals surface area contributed by atoms with Crippen molar-refractivity contribution >= 4 is 44.0 Å². The van der Waals surface area contributed by atoms with Crippen LogP contribution in [-0.4, -0.2) is 46.1 Å². The van der Waals surface area contributed by atoms with Gasteiger partial charge in [0.15, 0.2) is 5.82 Å². The zero-order chi connectivity index (χ0) is 31.5. The van der Waals surface area contributed by atoms with Crippen LogP contribution >= 0.6 is 11.6 Å². The minimum Gasteiger partial charge on any atom is -0.396 e. The van der Waals surface area contributed by atoms with E-state index in [-0.39, 0.29) is 45.3 Å². The van der Waals surface area contributed by atoms with Gasteiger partial charge in [-0.05, 0) is 42.2 Å². The molecule has 9 nitrogen and oxygen atoms in total. The molecule has 43 heavy (non-hydrogen) atoms. The summed E-state index contributed by atoms with van der Waals surface area (Å²) < 4.78 is 82.4. The van der Waals surface area contributed by atoms with Crippen LogP contribution in [0.4, 0.5) is 29.1 Å². The van der Waals surface area contributed by atoms with Crippen LogP contribution in [0, 0.1) is 23.5 Å². The molecule has 0 amide bonds. The minimum absolute atomic E-state index is 0.0182. The highest BCUT2D eigenvalue weighted by molar-refractivity contribution is 7.92. The first-order valence-corrected chi connectivity index (χ1v) is 15.0. The SMILES string of the molecule is Cn1nc(NS(C)(=O)=O)c2c(Cl)ccc(-c3cc(N)c(C#CC4(O)CC(F)(F)C4)nc3[C@@H](N)Cc3cc(F)cc(F)c3)c21. The molecular formula is C28H25ClF4N6O3S. The topological polar surface area (TPSA) is 149 Å². The number of nitrogens with one attached hydrogen (secondary N) is 1. The third kappa shape index (κ3) is 6.40. The van der Waals surface area contributed by atoms with E-state index in [2.05, 4.69) is 26.6 Å². The lowest BCUT2D eigenvalue weighted by atomic mass is 9.77. The van der Waals surface area contributed by atoms with E-state index in [0.717, 1.165) is 24.5 Å². The second-order valence-electron chi connectivity index (χ2n) is 10.6.